The van der Waals surface area contributed by atoms with Gasteiger partial charge in [0.15, 0.2) is 5.75 Å². The largest absolute Gasteiger partial charge is 0.573 e. The summed E-state index contributed by atoms with van der Waals surface area (Å²) in [5, 5.41) is 2.61. The number of halogens is 3. The molecule has 0 aromatic heterocycles. The number of sulfonamides is 1. The molecule has 1 N–H and O–H groups in total. The molecule has 0 radical (unpaired) electrons. The van der Waals surface area contributed by atoms with Crippen molar-refractivity contribution < 1.29 is 40.8 Å². The van der Waals surface area contributed by atoms with Gasteiger partial charge in [0.25, 0.3) is 15.9 Å². The first-order chi connectivity index (χ1) is 22.5. The molecule has 2 heterocycles. The van der Waals surface area contributed by atoms with Gasteiger partial charge in [0.2, 0.25) is 5.91 Å². The molecule has 15 heteroatoms. The van der Waals surface area contributed by atoms with Crippen molar-refractivity contribution in [3.05, 3.63) is 84.4 Å². The number of nitrogens with one attached hydrogen (secondary N) is 1. The van der Waals surface area contributed by atoms with E-state index in [1.807, 2.05) is 0 Å². The summed E-state index contributed by atoms with van der Waals surface area (Å²) in [5.41, 5.74) is 0.270. The summed E-state index contributed by atoms with van der Waals surface area (Å²) < 4.78 is 69.4. The highest BCUT2D eigenvalue weighted by Crippen LogP contribution is 2.29. The molecule has 0 aliphatic carbocycles. The number of nitrogens with zero attached hydrogens (tertiary/aromatic N) is 4. The average Bonchev–Trinajstić information content (AvgIpc) is 3.59. The van der Waals surface area contributed by atoms with Crippen LogP contribution in [-0.4, -0.2) is 100 Å². The number of ether oxygens (including phenoxy) is 1. The molecule has 0 spiro atoms. The Bertz CT molecular complexity index is 1590. The minimum Gasteiger partial charge on any atom is -0.406 e. The van der Waals surface area contributed by atoms with E-state index in [0.717, 1.165) is 63.5 Å². The molecule has 2 fully saturated rings. The number of piperazine rings is 1. The molecule has 0 bridgehead atoms. The Morgan fingerprint density at radius 3 is 1.94 bits per heavy atom. The molecule has 0 unspecified atom stereocenters. The molecule has 2 aliphatic heterocycles. The summed E-state index contributed by atoms with van der Waals surface area (Å²) in [5.74, 6) is -1.30. The topological polar surface area (TPSA) is 112 Å². The first-order valence-electron chi connectivity index (χ1n) is 15.2. The van der Waals surface area contributed by atoms with Crippen molar-refractivity contribution >= 4 is 27.5 Å². The molecule has 252 valence electrons. The lowest BCUT2D eigenvalue weighted by Gasteiger charge is -2.35. The van der Waals surface area contributed by atoms with Crippen LogP contribution < -0.4 is 19.4 Å². The van der Waals surface area contributed by atoms with Crippen LogP contribution in [0.5, 0.6) is 11.5 Å². The van der Waals surface area contributed by atoms with Crippen LogP contribution in [0.1, 0.15) is 23.2 Å². The maximum Gasteiger partial charge on any atom is 0.573 e. The summed E-state index contributed by atoms with van der Waals surface area (Å²) in [6.45, 7) is 6.89. The molecular weight excluding hydrogens is 639 g/mol. The highest BCUT2D eigenvalue weighted by Gasteiger charge is 2.32. The van der Waals surface area contributed by atoms with E-state index in [2.05, 4.69) is 19.9 Å². The predicted molar refractivity (Wildman–Crippen MR) is 167 cm³/mol. The third kappa shape index (κ3) is 9.36. The summed E-state index contributed by atoms with van der Waals surface area (Å²) in [6, 6.07) is 17.2. The zero-order valence-electron chi connectivity index (χ0n) is 25.6. The molecule has 2 aliphatic rings. The van der Waals surface area contributed by atoms with Crippen molar-refractivity contribution in [2.45, 2.75) is 24.1 Å². The maximum atomic E-state index is 13.7. The van der Waals surface area contributed by atoms with Crippen molar-refractivity contribution in [1.82, 2.24) is 20.0 Å². The van der Waals surface area contributed by atoms with Crippen molar-refractivity contribution in [3.8, 4) is 11.5 Å². The first-order valence-corrected chi connectivity index (χ1v) is 16.7. The number of likely N-dealkylation sites (tertiary alicyclic amines) is 1. The van der Waals surface area contributed by atoms with E-state index < -0.39 is 28.0 Å². The molecule has 3 aromatic carbocycles. The molecule has 2 amide bonds. The summed E-state index contributed by atoms with van der Waals surface area (Å²) in [7, 11) is -4.39. The van der Waals surface area contributed by atoms with E-state index in [1.165, 1.54) is 49.2 Å². The molecule has 5 rings (SSSR count). The second-order valence-electron chi connectivity index (χ2n) is 11.2. The summed E-state index contributed by atoms with van der Waals surface area (Å²) >= 11 is 0. The van der Waals surface area contributed by atoms with E-state index in [4.69, 9.17) is 4.84 Å². The first kappa shape index (κ1) is 34.0. The fourth-order valence-electron chi connectivity index (χ4n) is 5.34. The van der Waals surface area contributed by atoms with E-state index in [0.29, 0.717) is 17.6 Å². The van der Waals surface area contributed by atoms with Gasteiger partial charge in [0.05, 0.1) is 17.1 Å². The quantitative estimate of drug-likeness (QED) is 0.289. The zero-order valence-corrected chi connectivity index (χ0v) is 26.4. The van der Waals surface area contributed by atoms with Crippen LogP contribution in [0, 0.1) is 0 Å². The molecule has 0 saturated carbocycles. The van der Waals surface area contributed by atoms with Crippen LogP contribution in [-0.2, 0) is 14.8 Å². The lowest BCUT2D eigenvalue weighted by atomic mass is 10.2. The fourth-order valence-corrected chi connectivity index (χ4v) is 6.60. The number of amides is 2. The van der Waals surface area contributed by atoms with E-state index in [-0.39, 0.29) is 34.3 Å². The maximum absolute atomic E-state index is 13.7. The highest BCUT2D eigenvalue weighted by molar-refractivity contribution is 7.92. The zero-order chi connectivity index (χ0) is 33.4. The van der Waals surface area contributed by atoms with Crippen LogP contribution in [0.3, 0.4) is 0 Å². The van der Waals surface area contributed by atoms with Crippen LogP contribution in [0.15, 0.2) is 83.8 Å². The van der Waals surface area contributed by atoms with Gasteiger partial charge >= 0.3 is 6.36 Å². The third-order valence-corrected chi connectivity index (χ3v) is 9.49. The van der Waals surface area contributed by atoms with E-state index >= 15 is 0 Å². The minimum atomic E-state index is -4.89. The van der Waals surface area contributed by atoms with E-state index in [9.17, 15) is 31.2 Å². The Labute approximate surface area is 271 Å². The standard InChI is InChI=1S/C32H36F3N5O6S/c33-32(34,35)45-27-10-12-28(13-11-27)46-40(26-6-2-1-3-7-26)47(43,44)29-14-8-25(9-15-29)31(42)36-24-30(41)39-22-20-38(21-23-39)19-18-37-16-4-5-17-37/h1-3,6-15H,4-5,16-24H2,(H,36,42). The third-order valence-electron chi connectivity index (χ3n) is 7.90. The lowest BCUT2D eigenvalue weighted by Crippen LogP contribution is -2.52. The Balaban J connectivity index is 1.17. The van der Waals surface area contributed by atoms with Crippen LogP contribution in [0.4, 0.5) is 18.9 Å². The van der Waals surface area contributed by atoms with Crippen molar-refractivity contribution in [3.63, 3.8) is 0 Å². The molecule has 2 saturated heterocycles. The van der Waals surface area contributed by atoms with E-state index in [1.54, 1.807) is 23.1 Å². The van der Waals surface area contributed by atoms with Crippen molar-refractivity contribution in [2.24, 2.45) is 0 Å². The monoisotopic (exact) mass is 675 g/mol. The SMILES string of the molecule is O=C(NCC(=O)N1CCN(CCN2CCCC2)CC1)c1ccc(S(=O)(=O)N(Oc2ccc(OC(F)(F)F)cc2)c2ccccc2)cc1. The smallest absolute Gasteiger partial charge is 0.406 e. The fraction of sp³-hybridized carbons (Fsp3) is 0.375. The van der Waals surface area contributed by atoms with Gasteiger partial charge in [-0.1, -0.05) is 22.7 Å². The van der Waals surface area contributed by atoms with Gasteiger partial charge in [0.1, 0.15) is 5.75 Å². The number of benzene rings is 3. The Kier molecular flexibility index (Phi) is 10.9. The predicted octanol–water partition coefficient (Wildman–Crippen LogP) is 3.74. The van der Waals surface area contributed by atoms with Gasteiger partial charge in [-0.05, 0) is 86.6 Å². The number of carbonyl (C=O) groups excluding carboxylic acids is 2. The van der Waals surface area contributed by atoms with Gasteiger partial charge in [-0.3, -0.25) is 14.5 Å². The number of hydrogen-bond donors (Lipinski definition) is 1. The van der Waals surface area contributed by atoms with Crippen molar-refractivity contribution in [1.29, 1.82) is 0 Å². The Hall–Kier alpha value is -4.34. The number of rotatable bonds is 12. The summed E-state index contributed by atoms with van der Waals surface area (Å²) in [6.07, 6.45) is -2.37. The number of alkyl halides is 3. The number of para-hydroxylation sites is 1. The number of carbonyl (C=O) groups is 2. The number of anilines is 1. The van der Waals surface area contributed by atoms with Crippen LogP contribution >= 0.6 is 0 Å². The van der Waals surface area contributed by atoms with Gasteiger partial charge in [-0.15, -0.1) is 13.2 Å². The van der Waals surface area contributed by atoms with Gasteiger partial charge in [-0.2, -0.15) is 8.42 Å². The van der Waals surface area contributed by atoms with Crippen LogP contribution in [0.25, 0.3) is 0 Å². The van der Waals surface area contributed by atoms with Gasteiger partial charge < -0.3 is 24.7 Å². The highest BCUT2D eigenvalue weighted by atomic mass is 32.2. The second-order valence-corrected chi connectivity index (χ2v) is 12.9. The van der Waals surface area contributed by atoms with Crippen LogP contribution in [0.2, 0.25) is 0 Å². The molecule has 3 aromatic rings. The summed E-state index contributed by atoms with van der Waals surface area (Å²) in [4.78, 5) is 37.5. The molecular formula is C32H36F3N5O6S. The van der Waals surface area contributed by atoms with Gasteiger partial charge in [0, 0.05) is 44.8 Å². The number of hydrogen-bond acceptors (Lipinski definition) is 8. The average molecular weight is 676 g/mol. The molecule has 11 nitrogen and oxygen atoms in total. The van der Waals surface area contributed by atoms with Crippen molar-refractivity contribution in [2.75, 3.05) is 63.4 Å². The van der Waals surface area contributed by atoms with Gasteiger partial charge in [-0.25, -0.2) is 0 Å². The Morgan fingerprint density at radius 2 is 1.34 bits per heavy atom. The normalized spacial score (nSPS) is 16.1. The second kappa shape index (κ2) is 15.0. The Morgan fingerprint density at radius 1 is 0.766 bits per heavy atom. The minimum absolute atomic E-state index is 0.0730. The molecule has 47 heavy (non-hydrogen) atoms. The lowest BCUT2D eigenvalue weighted by molar-refractivity contribution is -0.274. The molecule has 0 atom stereocenters.